The number of sulfonamides is 1. The lowest BCUT2D eigenvalue weighted by Gasteiger charge is -2.23. The molecule has 0 N–H and O–H groups in total. The van der Waals surface area contributed by atoms with E-state index in [9.17, 15) is 23.3 Å². The Hall–Kier alpha value is -1.72. The molecule has 0 aliphatic heterocycles. The second kappa shape index (κ2) is 7.45. The minimum Gasteiger partial charge on any atom is -0.279 e. The molecule has 0 saturated carbocycles. The average molecular weight is 481 g/mol. The number of para-hydroxylation sites is 2. The summed E-state index contributed by atoms with van der Waals surface area (Å²) in [5.74, 6) is 0. The zero-order valence-electron chi connectivity index (χ0n) is 11.9. The first kappa shape index (κ1) is 18.6. The molecule has 2 aromatic carbocycles. The van der Waals surface area contributed by atoms with Crippen molar-refractivity contribution in [2.24, 2.45) is 0 Å². The molecule has 0 fully saturated rings. The largest absolute Gasteiger partial charge is 0.289 e. The van der Waals surface area contributed by atoms with E-state index in [4.69, 9.17) is 11.6 Å². The number of carbonyl (C=O) groups excluding carboxylic acids is 1. The average Bonchev–Trinajstić information content (AvgIpc) is 2.53. The maximum absolute atomic E-state index is 13.0. The molecular weight excluding hydrogens is 471 g/mol. The maximum Gasteiger partial charge on any atom is 0.289 e. The number of carbonyl (C=O) groups is 1. The van der Waals surface area contributed by atoms with Crippen molar-refractivity contribution in [2.45, 2.75) is 4.90 Å². The molecule has 0 aliphatic carbocycles. The minimum atomic E-state index is -4.37. The van der Waals surface area contributed by atoms with Crippen LogP contribution in [0.25, 0.3) is 0 Å². The van der Waals surface area contributed by atoms with Gasteiger partial charge in [0.1, 0.15) is 6.54 Å². The summed E-state index contributed by atoms with van der Waals surface area (Å²) >= 11 is 7.30. The summed E-state index contributed by atoms with van der Waals surface area (Å²) in [5.41, 5.74) is -0.360. The molecule has 0 amide bonds. The van der Waals surface area contributed by atoms with E-state index in [1.165, 1.54) is 18.2 Å². The van der Waals surface area contributed by atoms with Crippen molar-refractivity contribution in [1.29, 1.82) is 0 Å². The topological polar surface area (TPSA) is 97.6 Å². The molecule has 0 heterocycles. The standard InChI is InChI=1S/C14H10ClIN2O5S/c15-14(19)9-17(11-6-2-1-5-10(11)16)24(22,23)13-8-4-3-7-12(13)18(20)21/h1-8H,9H2. The lowest BCUT2D eigenvalue weighted by atomic mass is 10.3. The van der Waals surface area contributed by atoms with Gasteiger partial charge in [-0.1, -0.05) is 24.3 Å². The number of nitro groups is 1. The number of nitro benzene ring substituents is 1. The lowest BCUT2D eigenvalue weighted by Crippen LogP contribution is -2.35. The Kier molecular flexibility index (Phi) is 5.78. The maximum atomic E-state index is 13.0. The van der Waals surface area contributed by atoms with Crippen LogP contribution in [-0.2, 0) is 14.8 Å². The Morgan fingerprint density at radius 1 is 1.17 bits per heavy atom. The number of nitrogens with zero attached hydrogens (tertiary/aromatic N) is 2. The third kappa shape index (κ3) is 3.84. The third-order valence-electron chi connectivity index (χ3n) is 3.02. The second-order valence-corrected chi connectivity index (χ2v) is 7.96. The van der Waals surface area contributed by atoms with Crippen molar-refractivity contribution in [3.63, 3.8) is 0 Å². The summed E-state index contributed by atoms with van der Waals surface area (Å²) in [4.78, 5) is 21.2. The van der Waals surface area contributed by atoms with E-state index < -0.39 is 37.3 Å². The van der Waals surface area contributed by atoms with Crippen LogP contribution in [0.1, 0.15) is 0 Å². The van der Waals surface area contributed by atoms with Gasteiger partial charge >= 0.3 is 0 Å². The number of rotatable bonds is 6. The first-order valence-corrected chi connectivity index (χ1v) is 9.34. The monoisotopic (exact) mass is 480 g/mol. The molecule has 126 valence electrons. The van der Waals surface area contributed by atoms with Crippen molar-refractivity contribution in [3.05, 3.63) is 62.2 Å². The zero-order chi connectivity index (χ0) is 17.9. The van der Waals surface area contributed by atoms with Crippen molar-refractivity contribution in [2.75, 3.05) is 10.8 Å². The third-order valence-corrected chi connectivity index (χ3v) is 5.86. The lowest BCUT2D eigenvalue weighted by molar-refractivity contribution is -0.387. The van der Waals surface area contributed by atoms with Crippen molar-refractivity contribution < 1.29 is 18.1 Å². The molecule has 0 aliphatic rings. The minimum absolute atomic E-state index is 0.213. The van der Waals surface area contributed by atoms with Crippen LogP contribution >= 0.6 is 34.2 Å². The van der Waals surface area contributed by atoms with Crippen molar-refractivity contribution in [3.8, 4) is 0 Å². The first-order chi connectivity index (χ1) is 11.2. The van der Waals surface area contributed by atoms with Gasteiger partial charge in [0.15, 0.2) is 4.90 Å². The van der Waals surface area contributed by atoms with Gasteiger partial charge in [0.25, 0.3) is 15.7 Å². The van der Waals surface area contributed by atoms with E-state index in [0.29, 0.717) is 3.57 Å². The number of hydrogen-bond acceptors (Lipinski definition) is 5. The van der Waals surface area contributed by atoms with Gasteiger partial charge in [-0.2, -0.15) is 0 Å². The Bertz CT molecular complexity index is 904. The Labute approximate surface area is 156 Å². The quantitative estimate of drug-likeness (QED) is 0.274. The van der Waals surface area contributed by atoms with E-state index in [-0.39, 0.29) is 5.69 Å². The van der Waals surface area contributed by atoms with Gasteiger partial charge in [-0.25, -0.2) is 8.42 Å². The molecule has 0 radical (unpaired) electrons. The fourth-order valence-corrected chi connectivity index (χ4v) is 4.64. The van der Waals surface area contributed by atoms with Gasteiger partial charge in [0.05, 0.1) is 10.6 Å². The second-order valence-electron chi connectivity index (χ2n) is 4.54. The summed E-state index contributed by atoms with van der Waals surface area (Å²) in [7, 11) is -4.37. The van der Waals surface area contributed by atoms with E-state index in [1.807, 2.05) is 22.6 Å². The van der Waals surface area contributed by atoms with Gasteiger partial charge in [-0.3, -0.25) is 19.2 Å². The molecule has 0 spiro atoms. The van der Waals surface area contributed by atoms with Gasteiger partial charge in [-0.05, 0) is 52.4 Å². The van der Waals surface area contributed by atoms with Crippen LogP contribution in [-0.4, -0.2) is 25.1 Å². The Morgan fingerprint density at radius 2 is 1.75 bits per heavy atom. The predicted molar refractivity (Wildman–Crippen MR) is 97.6 cm³/mol. The zero-order valence-corrected chi connectivity index (χ0v) is 15.7. The molecule has 0 atom stereocenters. The van der Waals surface area contributed by atoms with Gasteiger partial charge in [0.2, 0.25) is 5.24 Å². The fraction of sp³-hybridized carbons (Fsp3) is 0.0714. The van der Waals surface area contributed by atoms with E-state index in [1.54, 1.807) is 18.2 Å². The van der Waals surface area contributed by atoms with Crippen LogP contribution in [0.5, 0.6) is 0 Å². The molecule has 2 rings (SSSR count). The van der Waals surface area contributed by atoms with Gasteiger partial charge < -0.3 is 0 Å². The van der Waals surface area contributed by atoms with Gasteiger partial charge in [-0.15, -0.1) is 0 Å². The van der Waals surface area contributed by atoms with Crippen LogP contribution in [0.15, 0.2) is 53.4 Å². The molecular formula is C14H10ClIN2O5S. The number of halogens is 2. The highest BCUT2D eigenvalue weighted by Crippen LogP contribution is 2.32. The summed E-state index contributed by atoms with van der Waals surface area (Å²) in [6.45, 7) is -0.643. The first-order valence-electron chi connectivity index (χ1n) is 6.44. The highest BCUT2D eigenvalue weighted by Gasteiger charge is 2.33. The van der Waals surface area contributed by atoms with E-state index in [2.05, 4.69) is 0 Å². The molecule has 0 unspecified atom stereocenters. The number of hydrogen-bond donors (Lipinski definition) is 0. The molecule has 24 heavy (non-hydrogen) atoms. The van der Waals surface area contributed by atoms with Crippen LogP contribution in [0.2, 0.25) is 0 Å². The van der Waals surface area contributed by atoms with Crippen LogP contribution in [0.4, 0.5) is 11.4 Å². The Balaban J connectivity index is 2.68. The van der Waals surface area contributed by atoms with E-state index >= 15 is 0 Å². The summed E-state index contributed by atoms with van der Waals surface area (Å²) in [6, 6.07) is 11.4. The number of benzene rings is 2. The highest BCUT2D eigenvalue weighted by molar-refractivity contribution is 14.1. The normalized spacial score (nSPS) is 11.1. The fourth-order valence-electron chi connectivity index (χ4n) is 2.01. The summed E-state index contributed by atoms with van der Waals surface area (Å²) in [6.07, 6.45) is 0. The summed E-state index contributed by atoms with van der Waals surface area (Å²) < 4.78 is 27.2. The molecule has 0 bridgehead atoms. The van der Waals surface area contributed by atoms with Crippen LogP contribution in [0.3, 0.4) is 0 Å². The van der Waals surface area contributed by atoms with E-state index in [0.717, 1.165) is 16.4 Å². The van der Waals surface area contributed by atoms with Crippen molar-refractivity contribution in [1.82, 2.24) is 0 Å². The van der Waals surface area contributed by atoms with Crippen molar-refractivity contribution >= 4 is 60.8 Å². The van der Waals surface area contributed by atoms with Crippen LogP contribution < -0.4 is 4.31 Å². The molecule has 10 heteroatoms. The Morgan fingerprint density at radius 3 is 2.33 bits per heavy atom. The molecule has 0 saturated heterocycles. The van der Waals surface area contributed by atoms with Gasteiger partial charge in [0, 0.05) is 9.64 Å². The smallest absolute Gasteiger partial charge is 0.279 e. The van der Waals surface area contributed by atoms with Crippen LogP contribution in [0, 0.1) is 13.7 Å². The molecule has 2 aromatic rings. The molecule has 7 nitrogen and oxygen atoms in total. The number of anilines is 1. The molecule has 0 aromatic heterocycles. The summed E-state index contributed by atoms with van der Waals surface area (Å²) in [5, 5.41) is 10.2. The predicted octanol–water partition coefficient (Wildman–Crippen LogP) is 3.16. The highest BCUT2D eigenvalue weighted by atomic mass is 127. The SMILES string of the molecule is O=C(Cl)CN(c1ccccc1I)S(=O)(=O)c1ccccc1[N+](=O)[O-].